The molecule has 0 amide bonds. The number of aryl methyl sites for hydroxylation is 1. The number of aromatic nitrogens is 3. The highest BCUT2D eigenvalue weighted by molar-refractivity contribution is 5.94. The Kier molecular flexibility index (Phi) is 3.15. The van der Waals surface area contributed by atoms with Crippen LogP contribution in [0.2, 0.25) is 0 Å². The molecule has 0 aliphatic heterocycles. The van der Waals surface area contributed by atoms with Crippen LogP contribution in [0.3, 0.4) is 0 Å². The summed E-state index contributed by atoms with van der Waals surface area (Å²) in [5, 5.41) is 11.4. The molecule has 3 aromatic carbocycles. The molecule has 0 bridgehead atoms. The predicted octanol–water partition coefficient (Wildman–Crippen LogP) is 6.16. The molecular formula is C26H21N3. The largest absolute Gasteiger partial charge is 0.282 e. The first-order chi connectivity index (χ1) is 14.0. The molecule has 0 fully saturated rings. The summed E-state index contributed by atoms with van der Waals surface area (Å²) in [6.07, 6.45) is 2.07. The van der Waals surface area contributed by atoms with Crippen molar-refractivity contribution in [1.29, 1.82) is 0 Å². The van der Waals surface area contributed by atoms with Crippen LogP contribution in [0.1, 0.15) is 30.5 Å². The van der Waals surface area contributed by atoms with Gasteiger partial charge in [-0.2, -0.15) is 0 Å². The first kappa shape index (κ1) is 16.5. The van der Waals surface area contributed by atoms with Crippen LogP contribution in [0.25, 0.3) is 38.9 Å². The number of nitrogens with zero attached hydrogens (tertiary/aromatic N) is 3. The van der Waals surface area contributed by atoms with E-state index in [2.05, 4.69) is 102 Å². The molecule has 2 heterocycles. The highest BCUT2D eigenvalue weighted by Gasteiger charge is 2.35. The van der Waals surface area contributed by atoms with E-state index in [1.165, 1.54) is 33.2 Å². The van der Waals surface area contributed by atoms with Crippen LogP contribution in [-0.2, 0) is 5.41 Å². The third kappa shape index (κ3) is 2.18. The number of rotatable bonds is 1. The molecule has 3 nitrogen and oxygen atoms in total. The van der Waals surface area contributed by atoms with E-state index >= 15 is 0 Å². The molecule has 0 radical (unpaired) electrons. The monoisotopic (exact) mass is 375 g/mol. The summed E-state index contributed by atoms with van der Waals surface area (Å²) in [6, 6.07) is 24.0. The Morgan fingerprint density at radius 3 is 2.41 bits per heavy atom. The van der Waals surface area contributed by atoms with Gasteiger partial charge in [-0.15, -0.1) is 10.2 Å². The van der Waals surface area contributed by atoms with Crippen molar-refractivity contribution in [1.82, 2.24) is 14.6 Å². The van der Waals surface area contributed by atoms with Crippen LogP contribution in [0, 0.1) is 6.92 Å². The molecule has 0 saturated heterocycles. The van der Waals surface area contributed by atoms with Gasteiger partial charge < -0.3 is 0 Å². The fraction of sp³-hybridized carbons (Fsp3) is 0.154. The fourth-order valence-electron chi connectivity index (χ4n) is 4.80. The second-order valence-corrected chi connectivity index (χ2v) is 8.55. The van der Waals surface area contributed by atoms with Crippen molar-refractivity contribution in [2.24, 2.45) is 0 Å². The van der Waals surface area contributed by atoms with Crippen molar-refractivity contribution in [3.05, 3.63) is 89.6 Å². The van der Waals surface area contributed by atoms with E-state index in [0.29, 0.717) is 0 Å². The van der Waals surface area contributed by atoms with E-state index in [1.807, 2.05) is 6.07 Å². The van der Waals surface area contributed by atoms with Gasteiger partial charge in [0.1, 0.15) is 0 Å². The van der Waals surface area contributed by atoms with Gasteiger partial charge in [-0.1, -0.05) is 74.0 Å². The summed E-state index contributed by atoms with van der Waals surface area (Å²) in [5.41, 5.74) is 8.71. The summed E-state index contributed by atoms with van der Waals surface area (Å²) in [5.74, 6) is 0.886. The minimum Gasteiger partial charge on any atom is -0.282 e. The molecule has 0 atom stereocenters. The SMILES string of the molecule is Cc1ccc2c(c1)C(C)(C)c1cc(-c3nnc4c5ccccc5ccn34)ccc1-2. The molecular weight excluding hydrogens is 354 g/mol. The van der Waals surface area contributed by atoms with Crippen molar-refractivity contribution in [2.45, 2.75) is 26.2 Å². The van der Waals surface area contributed by atoms with Crippen molar-refractivity contribution < 1.29 is 0 Å². The maximum atomic E-state index is 4.57. The van der Waals surface area contributed by atoms with Gasteiger partial charge in [-0.05, 0) is 46.7 Å². The second kappa shape index (κ2) is 5.54. The van der Waals surface area contributed by atoms with E-state index < -0.39 is 0 Å². The van der Waals surface area contributed by atoms with Gasteiger partial charge in [-0.25, -0.2) is 0 Å². The molecule has 6 rings (SSSR count). The van der Waals surface area contributed by atoms with E-state index in [9.17, 15) is 0 Å². The Bertz CT molecular complexity index is 1440. The lowest BCUT2D eigenvalue weighted by Crippen LogP contribution is -2.15. The average Bonchev–Trinajstić information content (AvgIpc) is 3.26. The molecule has 29 heavy (non-hydrogen) atoms. The minimum absolute atomic E-state index is 0.0279. The Morgan fingerprint density at radius 2 is 1.55 bits per heavy atom. The Balaban J connectivity index is 1.57. The van der Waals surface area contributed by atoms with Crippen molar-refractivity contribution >= 4 is 16.4 Å². The summed E-state index contributed by atoms with van der Waals surface area (Å²) >= 11 is 0. The highest BCUT2D eigenvalue weighted by Crippen LogP contribution is 2.49. The number of fused-ring (bicyclic) bond motifs is 6. The van der Waals surface area contributed by atoms with E-state index in [1.54, 1.807) is 0 Å². The van der Waals surface area contributed by atoms with Gasteiger partial charge in [-0.3, -0.25) is 4.40 Å². The molecule has 0 N–H and O–H groups in total. The second-order valence-electron chi connectivity index (χ2n) is 8.55. The predicted molar refractivity (Wildman–Crippen MR) is 118 cm³/mol. The first-order valence-corrected chi connectivity index (χ1v) is 10.0. The lowest BCUT2D eigenvalue weighted by molar-refractivity contribution is 0.660. The summed E-state index contributed by atoms with van der Waals surface area (Å²) in [6.45, 7) is 6.80. The molecule has 3 heteroatoms. The average molecular weight is 375 g/mol. The van der Waals surface area contributed by atoms with E-state index in [4.69, 9.17) is 0 Å². The zero-order valence-electron chi connectivity index (χ0n) is 16.8. The van der Waals surface area contributed by atoms with Crippen LogP contribution in [0.15, 0.2) is 72.9 Å². The number of hydrogen-bond acceptors (Lipinski definition) is 2. The van der Waals surface area contributed by atoms with Crippen molar-refractivity contribution in [2.75, 3.05) is 0 Å². The number of hydrogen-bond donors (Lipinski definition) is 0. The van der Waals surface area contributed by atoms with Crippen LogP contribution in [-0.4, -0.2) is 14.6 Å². The quantitative estimate of drug-likeness (QED) is 0.351. The lowest BCUT2D eigenvalue weighted by Gasteiger charge is -2.22. The van der Waals surface area contributed by atoms with Crippen molar-refractivity contribution in [3.63, 3.8) is 0 Å². The zero-order valence-corrected chi connectivity index (χ0v) is 16.8. The van der Waals surface area contributed by atoms with Crippen LogP contribution in [0.5, 0.6) is 0 Å². The third-order valence-electron chi connectivity index (χ3n) is 6.39. The number of benzene rings is 3. The summed E-state index contributed by atoms with van der Waals surface area (Å²) in [7, 11) is 0. The zero-order chi connectivity index (χ0) is 19.8. The Labute approximate surface area is 169 Å². The lowest BCUT2D eigenvalue weighted by atomic mass is 9.81. The van der Waals surface area contributed by atoms with E-state index in [-0.39, 0.29) is 5.41 Å². The van der Waals surface area contributed by atoms with Gasteiger partial charge in [0.05, 0.1) is 0 Å². The molecule has 1 aliphatic carbocycles. The van der Waals surface area contributed by atoms with Crippen LogP contribution < -0.4 is 0 Å². The molecule has 2 aromatic heterocycles. The molecule has 0 saturated carbocycles. The van der Waals surface area contributed by atoms with Crippen LogP contribution in [0.4, 0.5) is 0 Å². The third-order valence-corrected chi connectivity index (χ3v) is 6.39. The van der Waals surface area contributed by atoms with Gasteiger partial charge in [0.2, 0.25) is 0 Å². The normalized spacial score (nSPS) is 14.3. The fourth-order valence-corrected chi connectivity index (χ4v) is 4.80. The topological polar surface area (TPSA) is 30.2 Å². The summed E-state index contributed by atoms with van der Waals surface area (Å²) < 4.78 is 2.10. The Morgan fingerprint density at radius 1 is 0.793 bits per heavy atom. The first-order valence-electron chi connectivity index (χ1n) is 10.0. The van der Waals surface area contributed by atoms with E-state index in [0.717, 1.165) is 22.4 Å². The molecule has 140 valence electrons. The highest BCUT2D eigenvalue weighted by atomic mass is 15.2. The molecule has 1 aliphatic rings. The standard InChI is InChI=1S/C26H21N3/c1-16-8-10-20-21-11-9-18(15-23(21)26(2,3)22(20)14-16)24-27-28-25-19-7-5-4-6-17(19)12-13-29(24)25/h4-15H,1-3H3. The Hall–Kier alpha value is -3.46. The van der Waals surface area contributed by atoms with Gasteiger partial charge >= 0.3 is 0 Å². The summed E-state index contributed by atoms with van der Waals surface area (Å²) in [4.78, 5) is 0. The van der Waals surface area contributed by atoms with Crippen molar-refractivity contribution in [3.8, 4) is 22.5 Å². The minimum atomic E-state index is -0.0279. The number of pyridine rings is 1. The van der Waals surface area contributed by atoms with Gasteiger partial charge in [0.25, 0.3) is 0 Å². The maximum Gasteiger partial charge on any atom is 0.168 e. The molecule has 0 spiro atoms. The van der Waals surface area contributed by atoms with Gasteiger partial charge in [0.15, 0.2) is 11.5 Å². The molecule has 0 unspecified atom stereocenters. The smallest absolute Gasteiger partial charge is 0.168 e. The molecule has 5 aromatic rings. The van der Waals surface area contributed by atoms with Crippen LogP contribution >= 0.6 is 0 Å². The maximum absolute atomic E-state index is 4.57. The van der Waals surface area contributed by atoms with Gasteiger partial charge in [0, 0.05) is 22.6 Å².